The number of nitrogens with one attached hydrogen (secondary N) is 1. The van der Waals surface area contributed by atoms with Crippen molar-refractivity contribution in [2.24, 2.45) is 5.10 Å². The lowest BCUT2D eigenvalue weighted by molar-refractivity contribution is -0.393. The fourth-order valence-corrected chi connectivity index (χ4v) is 2.47. The Balaban J connectivity index is 2.25. The van der Waals surface area contributed by atoms with Crippen molar-refractivity contribution in [2.75, 3.05) is 5.43 Å². The molecule has 0 unspecified atom stereocenters. The van der Waals surface area contributed by atoms with Crippen LogP contribution in [0, 0.1) is 20.2 Å². The quantitative estimate of drug-likeness (QED) is 0.272. The molecule has 0 bridgehead atoms. The van der Waals surface area contributed by atoms with Gasteiger partial charge in [0.1, 0.15) is 5.69 Å². The van der Waals surface area contributed by atoms with Crippen molar-refractivity contribution in [3.8, 4) is 0 Å². The third-order valence-corrected chi connectivity index (χ3v) is 3.86. The van der Waals surface area contributed by atoms with Crippen LogP contribution >= 0.6 is 0 Å². The Morgan fingerprint density at radius 3 is 2.29 bits per heavy atom. The first-order valence-electron chi connectivity index (χ1n) is 8.41. The van der Waals surface area contributed by atoms with Gasteiger partial charge in [-0.1, -0.05) is 30.3 Å². The van der Waals surface area contributed by atoms with Gasteiger partial charge in [0.2, 0.25) is 0 Å². The van der Waals surface area contributed by atoms with E-state index >= 15 is 0 Å². The van der Waals surface area contributed by atoms with Gasteiger partial charge in [-0.2, -0.15) is 5.10 Å². The summed E-state index contributed by atoms with van der Waals surface area (Å²) in [4.78, 5) is 31.3. The molecule has 0 amide bonds. The van der Waals surface area contributed by atoms with Gasteiger partial charge in [-0.25, -0.2) is 0 Å². The minimum atomic E-state index is -0.877. The van der Waals surface area contributed by atoms with Crippen molar-refractivity contribution in [1.82, 2.24) is 0 Å². The van der Waals surface area contributed by atoms with Gasteiger partial charge in [0.15, 0.2) is 0 Å². The number of nitro groups is 2. The Labute approximate surface area is 159 Å². The maximum absolute atomic E-state index is 11.2. The second-order valence-corrected chi connectivity index (χ2v) is 5.85. The minimum absolute atomic E-state index is 0.0227. The number of unbranched alkanes of at least 4 members (excludes halogenated alkanes) is 1. The van der Waals surface area contributed by atoms with Crippen LogP contribution in [0.1, 0.15) is 31.2 Å². The van der Waals surface area contributed by atoms with E-state index in [4.69, 9.17) is 5.11 Å². The van der Waals surface area contributed by atoms with Crippen LogP contribution in [0.25, 0.3) is 0 Å². The molecule has 0 fully saturated rings. The summed E-state index contributed by atoms with van der Waals surface area (Å²) < 4.78 is 0. The molecule has 146 valence electrons. The van der Waals surface area contributed by atoms with Crippen LogP contribution in [0.3, 0.4) is 0 Å². The van der Waals surface area contributed by atoms with E-state index in [1.54, 1.807) is 0 Å². The van der Waals surface area contributed by atoms with Crippen LogP contribution in [0.2, 0.25) is 0 Å². The summed E-state index contributed by atoms with van der Waals surface area (Å²) in [5.41, 5.74) is 3.17. The van der Waals surface area contributed by atoms with E-state index < -0.39 is 27.2 Å². The van der Waals surface area contributed by atoms with E-state index in [-0.39, 0.29) is 12.1 Å². The number of hydrogen-bond donors (Lipinski definition) is 2. The highest BCUT2D eigenvalue weighted by molar-refractivity contribution is 6.01. The molecule has 10 nitrogen and oxygen atoms in total. The number of nitro benzene ring substituents is 2. The smallest absolute Gasteiger partial charge is 0.303 e. The number of nitrogens with zero attached hydrogens (tertiary/aromatic N) is 3. The Morgan fingerprint density at radius 1 is 1.00 bits per heavy atom. The number of benzene rings is 2. The van der Waals surface area contributed by atoms with Gasteiger partial charge >= 0.3 is 11.7 Å². The Hall–Kier alpha value is -3.82. The lowest BCUT2D eigenvalue weighted by Gasteiger charge is -2.08. The highest BCUT2D eigenvalue weighted by atomic mass is 16.6. The average Bonchev–Trinajstić information content (AvgIpc) is 2.67. The summed E-state index contributed by atoms with van der Waals surface area (Å²) in [5.74, 6) is -0.877. The van der Waals surface area contributed by atoms with E-state index in [2.05, 4.69) is 10.5 Å². The van der Waals surface area contributed by atoms with E-state index in [9.17, 15) is 25.0 Å². The van der Waals surface area contributed by atoms with Crippen LogP contribution in [0.5, 0.6) is 0 Å². The Bertz CT molecular complexity index is 898. The number of carboxylic acid groups (broad SMARTS) is 1. The van der Waals surface area contributed by atoms with Crippen LogP contribution in [0.15, 0.2) is 53.6 Å². The van der Waals surface area contributed by atoms with Crippen LogP contribution in [-0.4, -0.2) is 26.6 Å². The summed E-state index contributed by atoms with van der Waals surface area (Å²) in [5, 5.41) is 35.0. The molecule has 0 aliphatic rings. The number of hydrogen-bond acceptors (Lipinski definition) is 7. The first kappa shape index (κ1) is 20.5. The van der Waals surface area contributed by atoms with Crippen LogP contribution in [0.4, 0.5) is 17.1 Å². The molecule has 2 N–H and O–H groups in total. The third kappa shape index (κ3) is 5.87. The Morgan fingerprint density at radius 2 is 1.68 bits per heavy atom. The van der Waals surface area contributed by atoms with E-state index in [1.165, 1.54) is 6.07 Å². The SMILES string of the molecule is O=C(O)CCCCC(=NNc1ccc([N+](=O)[O-])cc1[N+](=O)[O-])c1ccccc1. The largest absolute Gasteiger partial charge is 0.481 e. The van der Waals surface area contributed by atoms with Crippen LogP contribution in [-0.2, 0) is 4.79 Å². The number of carboxylic acids is 1. The van der Waals surface area contributed by atoms with Crippen molar-refractivity contribution in [2.45, 2.75) is 25.7 Å². The predicted octanol–water partition coefficient (Wildman–Crippen LogP) is 3.96. The monoisotopic (exact) mass is 386 g/mol. The molecule has 0 radical (unpaired) electrons. The fourth-order valence-electron chi connectivity index (χ4n) is 2.47. The molecular weight excluding hydrogens is 368 g/mol. The molecule has 28 heavy (non-hydrogen) atoms. The summed E-state index contributed by atoms with van der Waals surface area (Å²) in [7, 11) is 0. The molecule has 2 aromatic rings. The molecule has 0 heterocycles. The summed E-state index contributed by atoms with van der Waals surface area (Å²) >= 11 is 0. The lowest BCUT2D eigenvalue weighted by Crippen LogP contribution is -2.06. The number of aliphatic carboxylic acids is 1. The van der Waals surface area contributed by atoms with Gasteiger partial charge in [0, 0.05) is 12.5 Å². The van der Waals surface area contributed by atoms with Gasteiger partial charge in [-0.15, -0.1) is 0 Å². The van der Waals surface area contributed by atoms with Crippen molar-refractivity contribution >= 4 is 28.7 Å². The maximum Gasteiger partial charge on any atom is 0.303 e. The van der Waals surface area contributed by atoms with Gasteiger partial charge in [0.25, 0.3) is 5.69 Å². The van der Waals surface area contributed by atoms with Crippen molar-refractivity contribution in [3.63, 3.8) is 0 Å². The third-order valence-electron chi connectivity index (χ3n) is 3.86. The van der Waals surface area contributed by atoms with Gasteiger partial charge in [-0.3, -0.25) is 30.4 Å². The predicted molar refractivity (Wildman–Crippen MR) is 102 cm³/mol. The minimum Gasteiger partial charge on any atom is -0.481 e. The molecule has 0 saturated heterocycles. The molecule has 10 heteroatoms. The normalized spacial score (nSPS) is 11.1. The summed E-state index contributed by atoms with van der Waals surface area (Å²) in [6.45, 7) is 0. The molecule has 0 saturated carbocycles. The maximum atomic E-state index is 11.2. The Kier molecular flexibility index (Phi) is 7.14. The number of anilines is 1. The highest BCUT2D eigenvalue weighted by Gasteiger charge is 2.19. The van der Waals surface area contributed by atoms with E-state index in [0.717, 1.165) is 17.7 Å². The first-order chi connectivity index (χ1) is 13.4. The van der Waals surface area contributed by atoms with E-state index in [0.29, 0.717) is 25.0 Å². The van der Waals surface area contributed by atoms with Gasteiger partial charge < -0.3 is 5.11 Å². The van der Waals surface area contributed by atoms with E-state index in [1.807, 2.05) is 30.3 Å². The average molecular weight is 386 g/mol. The summed E-state index contributed by atoms with van der Waals surface area (Å²) in [6.07, 6.45) is 1.55. The lowest BCUT2D eigenvalue weighted by atomic mass is 10.0. The van der Waals surface area contributed by atoms with Crippen LogP contribution < -0.4 is 5.43 Å². The molecule has 2 rings (SSSR count). The fraction of sp³-hybridized carbons (Fsp3) is 0.222. The number of rotatable bonds is 10. The second kappa shape index (κ2) is 9.76. The molecule has 0 aliphatic carbocycles. The molecule has 0 atom stereocenters. The standard InChI is InChI=1S/C18H18N4O6/c23-18(24)9-5-4-8-15(13-6-2-1-3-7-13)19-20-16-11-10-14(21(25)26)12-17(16)22(27)28/h1-3,6-7,10-12,20H,4-5,8-9H2,(H,23,24). The van der Waals surface area contributed by atoms with Crippen molar-refractivity contribution < 1.29 is 19.7 Å². The zero-order valence-electron chi connectivity index (χ0n) is 14.8. The zero-order chi connectivity index (χ0) is 20.5. The van der Waals surface area contributed by atoms with Gasteiger partial charge in [0.05, 0.1) is 21.6 Å². The second-order valence-electron chi connectivity index (χ2n) is 5.85. The number of hydrazone groups is 1. The van der Waals surface area contributed by atoms with Gasteiger partial charge in [-0.05, 0) is 30.9 Å². The molecule has 0 aliphatic heterocycles. The molecule has 0 aromatic heterocycles. The number of non-ortho nitro benzene ring substituents is 1. The molecule has 0 spiro atoms. The van der Waals surface area contributed by atoms with Crippen molar-refractivity contribution in [3.05, 3.63) is 74.3 Å². The number of carbonyl (C=O) groups is 1. The summed E-state index contributed by atoms with van der Waals surface area (Å²) in [6, 6.07) is 12.4. The molecule has 2 aromatic carbocycles. The first-order valence-corrected chi connectivity index (χ1v) is 8.41. The highest BCUT2D eigenvalue weighted by Crippen LogP contribution is 2.29. The topological polar surface area (TPSA) is 148 Å². The molecular formula is C18H18N4O6. The zero-order valence-corrected chi connectivity index (χ0v) is 14.8. The van der Waals surface area contributed by atoms with Crippen molar-refractivity contribution in [1.29, 1.82) is 0 Å².